The number of hydrogen-bond acceptors (Lipinski definition) is 4. The van der Waals surface area contributed by atoms with Crippen molar-refractivity contribution in [3.63, 3.8) is 0 Å². The molecule has 0 unspecified atom stereocenters. The Labute approximate surface area is 156 Å². The molecule has 1 N–H and O–H groups in total. The number of nitrogens with zero attached hydrogens (tertiary/aromatic N) is 5. The Morgan fingerprint density at radius 1 is 1.19 bits per heavy atom. The van der Waals surface area contributed by atoms with Gasteiger partial charge in [-0.25, -0.2) is 9.07 Å². The number of nitrogens with one attached hydrogen (secondary N) is 1. The Kier molecular flexibility index (Phi) is 4.62. The number of benzene rings is 1. The van der Waals surface area contributed by atoms with Crippen molar-refractivity contribution in [1.82, 2.24) is 24.7 Å². The van der Waals surface area contributed by atoms with Crippen LogP contribution in [-0.2, 0) is 5.41 Å². The molecular weight excluding hydrogens is 351 g/mol. The molecule has 2 heterocycles. The molecule has 0 aliphatic heterocycles. The first-order chi connectivity index (χ1) is 12.2. The topological polar surface area (TPSA) is 63.8 Å². The van der Waals surface area contributed by atoms with Crippen LogP contribution in [0.25, 0.3) is 5.69 Å². The van der Waals surface area contributed by atoms with Gasteiger partial charge >= 0.3 is 0 Å². The third kappa shape index (κ3) is 3.37. The zero-order valence-electron chi connectivity index (χ0n) is 15.4. The van der Waals surface area contributed by atoms with Crippen molar-refractivity contribution in [2.75, 3.05) is 0 Å². The monoisotopic (exact) mass is 372 g/mol. The molecule has 26 heavy (non-hydrogen) atoms. The van der Waals surface area contributed by atoms with Crippen LogP contribution in [-0.4, -0.2) is 30.9 Å². The third-order valence-corrected chi connectivity index (χ3v) is 4.31. The molecule has 0 spiro atoms. The second-order valence-electron chi connectivity index (χ2n) is 7.13. The van der Waals surface area contributed by atoms with Crippen LogP contribution in [0.4, 0.5) is 4.39 Å². The summed E-state index contributed by atoms with van der Waals surface area (Å²) in [6.45, 7) is 10.0. The minimum absolute atomic E-state index is 0.201. The molecule has 3 rings (SSSR count). The van der Waals surface area contributed by atoms with Gasteiger partial charge in [-0.05, 0) is 50.3 Å². The first kappa shape index (κ1) is 18.2. The zero-order valence-corrected chi connectivity index (χ0v) is 16.2. The highest BCUT2D eigenvalue weighted by Gasteiger charge is 2.21. The fraction of sp³-hybridized carbons (Fsp3) is 0.333. The second kappa shape index (κ2) is 6.60. The van der Waals surface area contributed by atoms with Gasteiger partial charge < -0.3 is 0 Å². The smallest absolute Gasteiger partial charge is 0.216 e. The third-order valence-electron chi connectivity index (χ3n) is 4.04. The van der Waals surface area contributed by atoms with Gasteiger partial charge in [-0.1, -0.05) is 20.8 Å². The van der Waals surface area contributed by atoms with E-state index in [1.54, 1.807) is 27.7 Å². The van der Waals surface area contributed by atoms with Crippen LogP contribution in [0.15, 0.2) is 29.4 Å². The zero-order chi connectivity index (χ0) is 19.1. The summed E-state index contributed by atoms with van der Waals surface area (Å²) in [5.74, 6) is 0.473. The van der Waals surface area contributed by atoms with E-state index in [4.69, 9.17) is 12.2 Å². The number of aromatic nitrogens is 5. The lowest BCUT2D eigenvalue weighted by Gasteiger charge is -2.15. The average molecular weight is 372 g/mol. The summed E-state index contributed by atoms with van der Waals surface area (Å²) in [6, 6.07) is 6.22. The van der Waals surface area contributed by atoms with Crippen molar-refractivity contribution >= 4 is 18.4 Å². The number of aryl methyl sites for hydroxylation is 1. The standard InChI is InChI=1S/C18H21FN6S/c1-11-15(10-20-25-16(18(3,4)5)21-22-17(25)26)12(2)24(23-11)14-8-6-13(19)7-9-14/h6-10H,1-5H3,(H,22,26)/b20-10+. The van der Waals surface area contributed by atoms with Gasteiger partial charge in [-0.15, -0.1) is 0 Å². The van der Waals surface area contributed by atoms with E-state index in [2.05, 4.69) is 20.4 Å². The maximum Gasteiger partial charge on any atom is 0.216 e. The van der Waals surface area contributed by atoms with Gasteiger partial charge in [0.1, 0.15) is 5.82 Å². The van der Waals surface area contributed by atoms with E-state index in [0.717, 1.165) is 28.5 Å². The van der Waals surface area contributed by atoms with E-state index >= 15 is 0 Å². The molecule has 8 heteroatoms. The molecule has 0 bridgehead atoms. The fourth-order valence-corrected chi connectivity index (χ4v) is 2.85. The van der Waals surface area contributed by atoms with Gasteiger partial charge in [0, 0.05) is 11.0 Å². The second-order valence-corrected chi connectivity index (χ2v) is 7.52. The largest absolute Gasteiger partial charge is 0.250 e. The van der Waals surface area contributed by atoms with Crippen LogP contribution in [0.2, 0.25) is 0 Å². The fourth-order valence-electron chi connectivity index (χ4n) is 2.67. The number of H-pyrrole nitrogens is 1. The lowest BCUT2D eigenvalue weighted by Crippen LogP contribution is -2.17. The van der Waals surface area contributed by atoms with Gasteiger partial charge in [0.25, 0.3) is 0 Å². The van der Waals surface area contributed by atoms with E-state index in [-0.39, 0.29) is 11.2 Å². The Balaban J connectivity index is 2.02. The van der Waals surface area contributed by atoms with Crippen molar-refractivity contribution in [2.45, 2.75) is 40.0 Å². The van der Waals surface area contributed by atoms with E-state index in [0.29, 0.717) is 4.77 Å². The quantitative estimate of drug-likeness (QED) is 0.557. The number of rotatable bonds is 3. The normalized spacial score (nSPS) is 12.2. The molecule has 0 radical (unpaired) electrons. The Morgan fingerprint density at radius 3 is 2.46 bits per heavy atom. The van der Waals surface area contributed by atoms with E-state index in [9.17, 15) is 4.39 Å². The van der Waals surface area contributed by atoms with Gasteiger partial charge in [0.05, 0.1) is 23.3 Å². The number of hydrogen-bond donors (Lipinski definition) is 1. The molecule has 0 aliphatic carbocycles. The van der Waals surface area contributed by atoms with E-state index in [1.807, 2.05) is 34.6 Å². The molecule has 0 fully saturated rings. The van der Waals surface area contributed by atoms with Crippen molar-refractivity contribution in [3.05, 3.63) is 57.6 Å². The highest BCUT2D eigenvalue weighted by atomic mass is 32.1. The van der Waals surface area contributed by atoms with Crippen LogP contribution in [0, 0.1) is 24.4 Å². The predicted molar refractivity (Wildman–Crippen MR) is 102 cm³/mol. The van der Waals surface area contributed by atoms with Crippen molar-refractivity contribution in [1.29, 1.82) is 0 Å². The molecule has 1 aromatic carbocycles. The van der Waals surface area contributed by atoms with Gasteiger partial charge in [-0.3, -0.25) is 5.10 Å². The van der Waals surface area contributed by atoms with Gasteiger partial charge in [0.15, 0.2) is 5.82 Å². The minimum Gasteiger partial charge on any atom is -0.250 e. The molecular formula is C18H21FN6S. The summed E-state index contributed by atoms with van der Waals surface area (Å²) < 4.78 is 17.0. The van der Waals surface area contributed by atoms with Crippen molar-refractivity contribution < 1.29 is 4.39 Å². The van der Waals surface area contributed by atoms with Crippen LogP contribution in [0.3, 0.4) is 0 Å². The maximum atomic E-state index is 13.2. The number of halogens is 1. The number of aromatic amines is 1. The molecule has 0 saturated carbocycles. The van der Waals surface area contributed by atoms with Crippen molar-refractivity contribution in [3.8, 4) is 5.69 Å². The molecule has 0 saturated heterocycles. The summed E-state index contributed by atoms with van der Waals surface area (Å²) in [4.78, 5) is 0. The highest BCUT2D eigenvalue weighted by Crippen LogP contribution is 2.21. The summed E-state index contributed by atoms with van der Waals surface area (Å²) in [5.41, 5.74) is 3.21. The van der Waals surface area contributed by atoms with Crippen molar-refractivity contribution in [2.24, 2.45) is 5.10 Å². The Bertz CT molecular complexity index is 1020. The molecule has 0 amide bonds. The Hall–Kier alpha value is -2.61. The predicted octanol–water partition coefficient (Wildman–Crippen LogP) is 4.06. The van der Waals surface area contributed by atoms with Gasteiger partial charge in [-0.2, -0.15) is 20.0 Å². The summed E-state index contributed by atoms with van der Waals surface area (Å²) in [6.07, 6.45) is 1.73. The van der Waals surface area contributed by atoms with Crippen LogP contribution in [0.1, 0.15) is 43.5 Å². The molecule has 2 aromatic heterocycles. The molecule has 136 valence electrons. The molecule has 6 nitrogen and oxygen atoms in total. The van der Waals surface area contributed by atoms with E-state index < -0.39 is 0 Å². The summed E-state index contributed by atoms with van der Waals surface area (Å²) >= 11 is 5.29. The first-order valence-electron chi connectivity index (χ1n) is 8.23. The van der Waals surface area contributed by atoms with Crippen LogP contribution < -0.4 is 0 Å². The molecule has 0 aliphatic rings. The lowest BCUT2D eigenvalue weighted by molar-refractivity contribution is 0.516. The average Bonchev–Trinajstić information content (AvgIpc) is 3.07. The Morgan fingerprint density at radius 2 is 1.85 bits per heavy atom. The van der Waals surface area contributed by atoms with Crippen LogP contribution in [0.5, 0.6) is 0 Å². The molecule has 3 aromatic rings. The summed E-state index contributed by atoms with van der Waals surface area (Å²) in [7, 11) is 0. The maximum absolute atomic E-state index is 13.2. The van der Waals surface area contributed by atoms with Gasteiger partial charge in [0.2, 0.25) is 4.77 Å². The van der Waals surface area contributed by atoms with E-state index in [1.165, 1.54) is 12.1 Å². The first-order valence-corrected chi connectivity index (χ1v) is 8.63. The SMILES string of the molecule is Cc1nn(-c2ccc(F)cc2)c(C)c1/C=N/n1c(C(C)(C)C)n[nH]c1=S. The highest BCUT2D eigenvalue weighted by molar-refractivity contribution is 7.71. The summed E-state index contributed by atoms with van der Waals surface area (Å²) in [5, 5.41) is 16.1. The minimum atomic E-state index is -0.277. The lowest BCUT2D eigenvalue weighted by atomic mass is 9.96. The molecule has 0 atom stereocenters. The van der Waals surface area contributed by atoms with Crippen LogP contribution >= 0.6 is 12.2 Å².